The quantitative estimate of drug-likeness (QED) is 0.335. The van der Waals surface area contributed by atoms with E-state index in [1.54, 1.807) is 24.3 Å². The van der Waals surface area contributed by atoms with Crippen LogP contribution in [-0.2, 0) is 9.59 Å². The third-order valence-corrected chi connectivity index (χ3v) is 5.38. The lowest BCUT2D eigenvalue weighted by Gasteiger charge is -2.26. The number of pyridine rings is 1. The molecule has 0 radical (unpaired) electrons. The monoisotopic (exact) mass is 453 g/mol. The van der Waals surface area contributed by atoms with Gasteiger partial charge in [0, 0.05) is 24.5 Å². The van der Waals surface area contributed by atoms with E-state index in [-0.39, 0.29) is 11.3 Å². The van der Waals surface area contributed by atoms with Gasteiger partial charge in [-0.2, -0.15) is 0 Å². The topological polar surface area (TPSA) is 92.2 Å². The first-order valence-corrected chi connectivity index (χ1v) is 11.1. The van der Waals surface area contributed by atoms with E-state index in [1.165, 1.54) is 17.3 Å². The molecule has 1 atom stereocenters. The van der Waals surface area contributed by atoms with E-state index in [1.807, 2.05) is 38.9 Å². The van der Waals surface area contributed by atoms with Crippen molar-refractivity contribution in [3.05, 3.63) is 59.4 Å². The first-order chi connectivity index (χ1) is 15.9. The minimum Gasteiger partial charge on any atom is -0.507 e. The number of ether oxygens (including phenoxy) is 2. The molecule has 1 aromatic carbocycles. The van der Waals surface area contributed by atoms with Gasteiger partial charge in [0.2, 0.25) is 0 Å². The van der Waals surface area contributed by atoms with E-state index >= 15 is 0 Å². The molecular weight excluding hydrogens is 422 g/mol. The number of benzene rings is 1. The summed E-state index contributed by atoms with van der Waals surface area (Å²) >= 11 is 0. The van der Waals surface area contributed by atoms with Crippen LogP contribution in [-0.4, -0.2) is 72.0 Å². The minimum absolute atomic E-state index is 0.0580. The second-order valence-electron chi connectivity index (χ2n) is 7.96. The first kappa shape index (κ1) is 24.3. The number of aromatic nitrogens is 1. The summed E-state index contributed by atoms with van der Waals surface area (Å²) in [6, 6.07) is 7.84. The number of likely N-dealkylation sites (tertiary alicyclic amines) is 1. The van der Waals surface area contributed by atoms with Crippen molar-refractivity contribution < 1.29 is 24.2 Å². The van der Waals surface area contributed by atoms with Gasteiger partial charge in [0.05, 0.1) is 24.8 Å². The number of Topliss-reactive ketones (excluding diaryl/α,β-unsaturated/α-hetero) is 1. The molecule has 8 heteroatoms. The van der Waals surface area contributed by atoms with Crippen LogP contribution in [0.4, 0.5) is 0 Å². The van der Waals surface area contributed by atoms with Crippen LogP contribution in [0.3, 0.4) is 0 Å². The highest BCUT2D eigenvalue weighted by Gasteiger charge is 2.46. The first-order valence-electron chi connectivity index (χ1n) is 11.1. The fraction of sp³-hybridized carbons (Fsp3) is 0.400. The number of hydrogen-bond donors (Lipinski definition) is 1. The van der Waals surface area contributed by atoms with Crippen molar-refractivity contribution in [2.75, 3.05) is 40.4 Å². The molecule has 0 bridgehead atoms. The summed E-state index contributed by atoms with van der Waals surface area (Å²) in [6.45, 7) is 5.80. The third kappa shape index (κ3) is 5.34. The molecule has 8 nitrogen and oxygen atoms in total. The molecule has 33 heavy (non-hydrogen) atoms. The van der Waals surface area contributed by atoms with Gasteiger partial charge in [-0.25, -0.2) is 0 Å². The highest BCUT2D eigenvalue weighted by molar-refractivity contribution is 6.46. The molecular formula is C25H31N3O5. The standard InChI is InChI=1S/C25H31N3O5/c1-5-32-19-9-8-18(16-20(19)33-6-2)22-21(23(29)17-10-12-26-13-11-17)24(30)25(31)28(22)15-7-14-27(3)4/h8-13,16,22,29H,5-7,14-15H2,1-4H3. The molecule has 1 unspecified atom stereocenters. The van der Waals surface area contributed by atoms with E-state index in [4.69, 9.17) is 9.47 Å². The molecule has 1 saturated heterocycles. The molecule has 1 amide bonds. The van der Waals surface area contributed by atoms with Crippen LogP contribution in [0.2, 0.25) is 0 Å². The number of carbonyl (C=O) groups is 2. The molecule has 1 aliphatic heterocycles. The molecule has 1 aromatic heterocycles. The number of nitrogens with zero attached hydrogens (tertiary/aromatic N) is 3. The summed E-state index contributed by atoms with van der Waals surface area (Å²) in [6.07, 6.45) is 3.74. The maximum absolute atomic E-state index is 13.1. The number of hydrogen-bond acceptors (Lipinski definition) is 7. The van der Waals surface area contributed by atoms with Gasteiger partial charge in [0.1, 0.15) is 5.76 Å². The Kier molecular flexibility index (Phi) is 8.06. The second-order valence-corrected chi connectivity index (χ2v) is 7.96. The van der Waals surface area contributed by atoms with E-state index in [0.29, 0.717) is 48.8 Å². The molecule has 2 heterocycles. The largest absolute Gasteiger partial charge is 0.507 e. The van der Waals surface area contributed by atoms with Crippen LogP contribution < -0.4 is 9.47 Å². The summed E-state index contributed by atoms with van der Waals surface area (Å²) < 4.78 is 11.4. The zero-order chi connectivity index (χ0) is 24.0. The number of aliphatic hydroxyl groups is 1. The van der Waals surface area contributed by atoms with E-state index in [0.717, 1.165) is 6.54 Å². The Hall–Kier alpha value is -3.39. The van der Waals surface area contributed by atoms with Gasteiger partial charge in [0.25, 0.3) is 11.7 Å². The van der Waals surface area contributed by atoms with E-state index in [9.17, 15) is 14.7 Å². The van der Waals surface area contributed by atoms with Crippen LogP contribution in [0.5, 0.6) is 11.5 Å². The van der Waals surface area contributed by atoms with Gasteiger partial charge in [-0.3, -0.25) is 14.6 Å². The maximum Gasteiger partial charge on any atom is 0.295 e. The number of amides is 1. The average Bonchev–Trinajstić information content (AvgIpc) is 3.05. The maximum atomic E-state index is 13.1. The zero-order valence-electron chi connectivity index (χ0n) is 19.6. The Morgan fingerprint density at radius 2 is 1.73 bits per heavy atom. The fourth-order valence-electron chi connectivity index (χ4n) is 3.92. The van der Waals surface area contributed by atoms with Crippen molar-refractivity contribution >= 4 is 17.4 Å². The lowest BCUT2D eigenvalue weighted by atomic mass is 9.95. The molecule has 1 aliphatic rings. The third-order valence-electron chi connectivity index (χ3n) is 5.38. The summed E-state index contributed by atoms with van der Waals surface area (Å²) in [5.74, 6) is -0.434. The van der Waals surface area contributed by atoms with Crippen molar-refractivity contribution in [1.82, 2.24) is 14.8 Å². The van der Waals surface area contributed by atoms with Gasteiger partial charge in [0.15, 0.2) is 11.5 Å². The molecule has 0 saturated carbocycles. The molecule has 0 aliphatic carbocycles. The molecule has 3 rings (SSSR count). The summed E-state index contributed by atoms with van der Waals surface area (Å²) in [5, 5.41) is 11.1. The van der Waals surface area contributed by atoms with Gasteiger partial charge in [-0.15, -0.1) is 0 Å². The molecule has 0 spiro atoms. The van der Waals surface area contributed by atoms with Gasteiger partial charge < -0.3 is 24.4 Å². The Morgan fingerprint density at radius 1 is 1.06 bits per heavy atom. The molecule has 176 valence electrons. The Labute approximate surface area is 194 Å². The smallest absolute Gasteiger partial charge is 0.295 e. The summed E-state index contributed by atoms with van der Waals surface area (Å²) in [5.41, 5.74) is 1.15. The lowest BCUT2D eigenvalue weighted by molar-refractivity contribution is -0.139. The van der Waals surface area contributed by atoms with Gasteiger partial charge in [-0.1, -0.05) is 6.07 Å². The second kappa shape index (κ2) is 11.0. The number of ketones is 1. The van der Waals surface area contributed by atoms with Crippen LogP contribution in [0, 0.1) is 0 Å². The van der Waals surface area contributed by atoms with Crippen molar-refractivity contribution in [3.8, 4) is 11.5 Å². The highest BCUT2D eigenvalue weighted by Crippen LogP contribution is 2.42. The molecule has 1 fully saturated rings. The number of rotatable bonds is 10. The normalized spacial score (nSPS) is 17.6. The average molecular weight is 454 g/mol. The van der Waals surface area contributed by atoms with Crippen LogP contribution in [0.1, 0.15) is 37.4 Å². The number of aliphatic hydroxyl groups excluding tert-OH is 1. The van der Waals surface area contributed by atoms with Crippen molar-refractivity contribution in [2.24, 2.45) is 0 Å². The van der Waals surface area contributed by atoms with Crippen LogP contribution in [0.15, 0.2) is 48.3 Å². The predicted octanol–water partition coefficient (Wildman–Crippen LogP) is 3.25. The number of carbonyl (C=O) groups excluding carboxylic acids is 2. The zero-order valence-corrected chi connectivity index (χ0v) is 19.6. The van der Waals surface area contributed by atoms with Gasteiger partial charge >= 0.3 is 0 Å². The van der Waals surface area contributed by atoms with Crippen LogP contribution >= 0.6 is 0 Å². The SMILES string of the molecule is CCOc1ccc(C2C(=C(O)c3ccncc3)C(=O)C(=O)N2CCCN(C)C)cc1OCC. The van der Waals surface area contributed by atoms with E-state index in [2.05, 4.69) is 4.98 Å². The Balaban J connectivity index is 2.12. The van der Waals surface area contributed by atoms with Crippen molar-refractivity contribution in [2.45, 2.75) is 26.3 Å². The Morgan fingerprint density at radius 3 is 2.36 bits per heavy atom. The van der Waals surface area contributed by atoms with Crippen LogP contribution in [0.25, 0.3) is 5.76 Å². The predicted molar refractivity (Wildman–Crippen MR) is 125 cm³/mol. The fourth-order valence-corrected chi connectivity index (χ4v) is 3.92. The van der Waals surface area contributed by atoms with Crippen molar-refractivity contribution in [1.29, 1.82) is 0 Å². The van der Waals surface area contributed by atoms with E-state index < -0.39 is 17.7 Å². The van der Waals surface area contributed by atoms with Crippen molar-refractivity contribution in [3.63, 3.8) is 0 Å². The highest BCUT2D eigenvalue weighted by atomic mass is 16.5. The summed E-state index contributed by atoms with van der Waals surface area (Å²) in [4.78, 5) is 33.7. The minimum atomic E-state index is -0.741. The molecule has 1 N–H and O–H groups in total. The molecule has 2 aromatic rings. The summed E-state index contributed by atoms with van der Waals surface area (Å²) in [7, 11) is 3.91. The lowest BCUT2D eigenvalue weighted by Crippen LogP contribution is -2.32. The Bertz CT molecular complexity index is 1020. The van der Waals surface area contributed by atoms with Gasteiger partial charge in [-0.05, 0) is 70.7 Å².